The zero-order valence-electron chi connectivity index (χ0n) is 9.43. The molecule has 0 atom stereocenters. The summed E-state index contributed by atoms with van der Waals surface area (Å²) in [6.45, 7) is 0. The number of nitrogens with zero attached hydrogens (tertiary/aromatic N) is 2. The van der Waals surface area contributed by atoms with Crippen molar-refractivity contribution in [2.45, 2.75) is 12.8 Å². The van der Waals surface area contributed by atoms with Crippen molar-refractivity contribution >= 4 is 11.9 Å². The van der Waals surface area contributed by atoms with Crippen molar-refractivity contribution in [3.63, 3.8) is 0 Å². The van der Waals surface area contributed by atoms with Crippen LogP contribution in [-0.4, -0.2) is 9.97 Å². The number of allylic oxidation sites excluding steroid dienone is 1. The molecule has 1 aliphatic carbocycles. The summed E-state index contributed by atoms with van der Waals surface area (Å²) < 4.78 is 0. The second-order valence-electron chi connectivity index (χ2n) is 4.18. The van der Waals surface area contributed by atoms with Gasteiger partial charge in [0.25, 0.3) is 0 Å². The van der Waals surface area contributed by atoms with Crippen LogP contribution in [0.3, 0.4) is 0 Å². The molecule has 3 nitrogen and oxygen atoms in total. The molecule has 0 saturated heterocycles. The molecule has 0 spiro atoms. The number of hydrogen-bond donors (Lipinski definition) is 1. The van der Waals surface area contributed by atoms with Crippen molar-refractivity contribution < 1.29 is 0 Å². The fourth-order valence-corrected chi connectivity index (χ4v) is 2.12. The third-order valence-corrected chi connectivity index (χ3v) is 3.01. The molecule has 0 fully saturated rings. The van der Waals surface area contributed by atoms with Gasteiger partial charge in [0.1, 0.15) is 12.1 Å². The van der Waals surface area contributed by atoms with Crippen molar-refractivity contribution in [1.29, 1.82) is 0 Å². The fraction of sp³-hybridized carbons (Fsp3) is 0.143. The molecule has 2 N–H and O–H groups in total. The first-order valence-electron chi connectivity index (χ1n) is 5.70. The molecule has 0 unspecified atom stereocenters. The van der Waals surface area contributed by atoms with Gasteiger partial charge in [-0.2, -0.15) is 0 Å². The predicted molar refractivity (Wildman–Crippen MR) is 69.2 cm³/mol. The molecular formula is C14H13N3. The first kappa shape index (κ1) is 10.0. The lowest BCUT2D eigenvalue weighted by Gasteiger charge is -2.11. The summed E-state index contributed by atoms with van der Waals surface area (Å²) in [4.78, 5) is 8.15. The number of nitrogen functional groups attached to an aromatic ring is 1. The maximum atomic E-state index is 5.67. The largest absolute Gasteiger partial charge is 0.384 e. The molecule has 84 valence electrons. The van der Waals surface area contributed by atoms with Crippen molar-refractivity contribution in [2.24, 2.45) is 0 Å². The lowest BCUT2D eigenvalue weighted by Crippen LogP contribution is -1.96. The minimum Gasteiger partial charge on any atom is -0.384 e. The summed E-state index contributed by atoms with van der Waals surface area (Å²) in [6, 6.07) is 8.23. The van der Waals surface area contributed by atoms with E-state index in [1.165, 1.54) is 17.5 Å². The minimum absolute atomic E-state index is 0.503. The van der Waals surface area contributed by atoms with Gasteiger partial charge in [-0.1, -0.05) is 24.3 Å². The van der Waals surface area contributed by atoms with Crippen molar-refractivity contribution in [3.05, 3.63) is 47.8 Å². The van der Waals surface area contributed by atoms with Gasteiger partial charge >= 0.3 is 0 Å². The van der Waals surface area contributed by atoms with Gasteiger partial charge in [0.2, 0.25) is 0 Å². The van der Waals surface area contributed by atoms with Crippen LogP contribution in [0.2, 0.25) is 0 Å². The second kappa shape index (κ2) is 4.01. The molecule has 0 bridgehead atoms. The Labute approximate surface area is 100 Å². The first-order chi connectivity index (χ1) is 8.33. The van der Waals surface area contributed by atoms with Crippen LogP contribution in [0.5, 0.6) is 0 Å². The highest BCUT2D eigenvalue weighted by Gasteiger charge is 2.07. The zero-order valence-corrected chi connectivity index (χ0v) is 9.43. The van der Waals surface area contributed by atoms with Gasteiger partial charge in [0.05, 0.1) is 5.69 Å². The molecule has 0 radical (unpaired) electrons. The standard InChI is InChI=1S/C14H13N3/c15-14-8-13(16-9-17-14)12-6-5-10-3-1-2-4-11(10)7-12/h2,4-9H,1,3H2,(H2,15,16,17). The maximum Gasteiger partial charge on any atom is 0.127 e. The molecule has 1 heterocycles. The number of hydrogen-bond acceptors (Lipinski definition) is 3. The van der Waals surface area contributed by atoms with Gasteiger partial charge in [-0.05, 0) is 30.0 Å². The lowest BCUT2D eigenvalue weighted by molar-refractivity contribution is 0.986. The van der Waals surface area contributed by atoms with E-state index in [2.05, 4.69) is 40.3 Å². The SMILES string of the molecule is Nc1cc(-c2ccc3c(c2)C=CCC3)ncn1. The van der Waals surface area contributed by atoms with Crippen LogP contribution in [-0.2, 0) is 6.42 Å². The number of aromatic nitrogens is 2. The Morgan fingerprint density at radius 3 is 2.94 bits per heavy atom. The maximum absolute atomic E-state index is 5.67. The van der Waals surface area contributed by atoms with Gasteiger partial charge < -0.3 is 5.73 Å². The molecule has 17 heavy (non-hydrogen) atoms. The molecule has 2 aromatic rings. The van der Waals surface area contributed by atoms with Crippen molar-refractivity contribution in [3.8, 4) is 11.3 Å². The van der Waals surface area contributed by atoms with E-state index in [4.69, 9.17) is 5.73 Å². The summed E-state index contributed by atoms with van der Waals surface area (Å²) in [7, 11) is 0. The van der Waals surface area contributed by atoms with Gasteiger partial charge in [-0.15, -0.1) is 0 Å². The summed E-state index contributed by atoms with van der Waals surface area (Å²) >= 11 is 0. The normalized spacial score (nSPS) is 13.4. The molecule has 0 saturated carbocycles. The Morgan fingerprint density at radius 1 is 1.12 bits per heavy atom. The number of benzene rings is 1. The summed E-state index contributed by atoms with van der Waals surface area (Å²) in [6.07, 6.45) is 8.14. The smallest absolute Gasteiger partial charge is 0.127 e. The van der Waals surface area contributed by atoms with E-state index in [0.29, 0.717) is 5.82 Å². The van der Waals surface area contributed by atoms with Gasteiger partial charge in [0.15, 0.2) is 0 Å². The van der Waals surface area contributed by atoms with Crippen molar-refractivity contribution in [1.82, 2.24) is 9.97 Å². The third kappa shape index (κ3) is 1.91. The Bertz CT molecular complexity index is 588. The van der Waals surface area contributed by atoms with E-state index in [-0.39, 0.29) is 0 Å². The lowest BCUT2D eigenvalue weighted by atomic mass is 9.95. The minimum atomic E-state index is 0.503. The quantitative estimate of drug-likeness (QED) is 0.808. The topological polar surface area (TPSA) is 51.8 Å². The predicted octanol–water partition coefficient (Wildman–Crippen LogP) is 2.69. The van der Waals surface area contributed by atoms with Crippen LogP contribution in [0.4, 0.5) is 5.82 Å². The van der Waals surface area contributed by atoms with E-state index < -0.39 is 0 Å². The number of nitrogens with two attached hydrogens (primary N) is 1. The molecule has 3 rings (SSSR count). The van der Waals surface area contributed by atoms with E-state index in [0.717, 1.165) is 24.1 Å². The molecule has 0 aliphatic heterocycles. The van der Waals surface area contributed by atoms with Gasteiger partial charge in [-0.3, -0.25) is 0 Å². The van der Waals surface area contributed by atoms with Crippen LogP contribution in [0.1, 0.15) is 17.5 Å². The van der Waals surface area contributed by atoms with Crippen molar-refractivity contribution in [2.75, 3.05) is 5.73 Å². The first-order valence-corrected chi connectivity index (χ1v) is 5.70. The van der Waals surface area contributed by atoms with E-state index in [9.17, 15) is 0 Å². The highest BCUT2D eigenvalue weighted by Crippen LogP contribution is 2.25. The van der Waals surface area contributed by atoms with Crippen LogP contribution < -0.4 is 5.73 Å². The van der Waals surface area contributed by atoms with E-state index in [1.807, 2.05) is 0 Å². The second-order valence-corrected chi connectivity index (χ2v) is 4.18. The highest BCUT2D eigenvalue weighted by atomic mass is 14.9. The van der Waals surface area contributed by atoms with E-state index >= 15 is 0 Å². The number of fused-ring (bicyclic) bond motifs is 1. The Hall–Kier alpha value is -2.16. The molecule has 3 heteroatoms. The molecule has 1 aliphatic rings. The Balaban J connectivity index is 2.08. The molecule has 0 amide bonds. The Kier molecular flexibility index (Phi) is 2.37. The zero-order chi connectivity index (χ0) is 11.7. The molecular weight excluding hydrogens is 210 g/mol. The van der Waals surface area contributed by atoms with E-state index in [1.54, 1.807) is 6.07 Å². The number of anilines is 1. The summed E-state index contributed by atoms with van der Waals surface area (Å²) in [5.41, 5.74) is 10.3. The number of rotatable bonds is 1. The summed E-state index contributed by atoms with van der Waals surface area (Å²) in [5.74, 6) is 0.503. The Morgan fingerprint density at radius 2 is 2.06 bits per heavy atom. The van der Waals surface area contributed by atoms with Crippen LogP contribution in [0.15, 0.2) is 36.7 Å². The molecule has 1 aromatic carbocycles. The fourth-order valence-electron chi connectivity index (χ4n) is 2.12. The van der Waals surface area contributed by atoms with Crippen LogP contribution in [0.25, 0.3) is 17.3 Å². The third-order valence-electron chi connectivity index (χ3n) is 3.01. The number of aryl methyl sites for hydroxylation is 1. The monoisotopic (exact) mass is 223 g/mol. The average molecular weight is 223 g/mol. The highest BCUT2D eigenvalue weighted by molar-refractivity contribution is 5.68. The molecule has 1 aromatic heterocycles. The average Bonchev–Trinajstić information content (AvgIpc) is 2.38. The van der Waals surface area contributed by atoms with Gasteiger partial charge in [0, 0.05) is 11.6 Å². The van der Waals surface area contributed by atoms with Crippen LogP contribution >= 0.6 is 0 Å². The van der Waals surface area contributed by atoms with Gasteiger partial charge in [-0.25, -0.2) is 9.97 Å². The summed E-state index contributed by atoms with van der Waals surface area (Å²) in [5, 5.41) is 0. The van der Waals surface area contributed by atoms with Crippen LogP contribution in [0, 0.1) is 0 Å².